The Morgan fingerprint density at radius 3 is 2.41 bits per heavy atom. The lowest BCUT2D eigenvalue weighted by Gasteiger charge is -2.23. The largest absolute Gasteiger partial charge is 0.330 e. The molecule has 0 radical (unpaired) electrons. The summed E-state index contributed by atoms with van der Waals surface area (Å²) in [6, 6.07) is 9.92. The molecule has 0 aliphatic rings. The molecule has 2 N–H and O–H groups in total. The van der Waals surface area contributed by atoms with Gasteiger partial charge in [0.1, 0.15) is 5.78 Å². The van der Waals surface area contributed by atoms with E-state index in [9.17, 15) is 4.79 Å². The Labute approximate surface area is 104 Å². The molecule has 94 valence electrons. The van der Waals surface area contributed by atoms with Gasteiger partial charge in [-0.2, -0.15) is 0 Å². The first-order chi connectivity index (χ1) is 8.03. The van der Waals surface area contributed by atoms with Gasteiger partial charge in [0.2, 0.25) is 0 Å². The second kappa shape index (κ2) is 6.55. The molecule has 1 rings (SSSR count). The number of rotatable bonds is 7. The van der Waals surface area contributed by atoms with Gasteiger partial charge in [-0.15, -0.1) is 0 Å². The summed E-state index contributed by atoms with van der Waals surface area (Å²) in [6.45, 7) is 5.05. The molecule has 0 heterocycles. The summed E-state index contributed by atoms with van der Waals surface area (Å²) in [6.07, 6.45) is 3.11. The van der Waals surface area contributed by atoms with E-state index in [2.05, 4.69) is 13.8 Å². The fourth-order valence-electron chi connectivity index (χ4n) is 1.91. The van der Waals surface area contributed by atoms with Gasteiger partial charge in [0.05, 0.1) is 0 Å². The predicted molar refractivity (Wildman–Crippen MR) is 71.8 cm³/mol. The highest BCUT2D eigenvalue weighted by atomic mass is 16.1. The lowest BCUT2D eigenvalue weighted by atomic mass is 9.83. The second-order valence-electron chi connectivity index (χ2n) is 5.40. The van der Waals surface area contributed by atoms with E-state index >= 15 is 0 Å². The van der Waals surface area contributed by atoms with E-state index < -0.39 is 0 Å². The fraction of sp³-hybridized carbons (Fsp3) is 0.533. The number of carbonyl (C=O) groups is 1. The van der Waals surface area contributed by atoms with Crippen LogP contribution in [0.3, 0.4) is 0 Å². The first kappa shape index (κ1) is 13.9. The van der Waals surface area contributed by atoms with Crippen LogP contribution in [0.4, 0.5) is 0 Å². The maximum Gasteiger partial charge on any atom is 0.137 e. The molecule has 2 heteroatoms. The predicted octanol–water partition coefficient (Wildman–Crippen LogP) is 2.95. The molecule has 1 aromatic rings. The van der Waals surface area contributed by atoms with E-state index in [-0.39, 0.29) is 5.41 Å². The molecule has 0 amide bonds. The molecule has 0 atom stereocenters. The maximum atomic E-state index is 11.8. The summed E-state index contributed by atoms with van der Waals surface area (Å²) in [5.41, 5.74) is 6.85. The third-order valence-electron chi connectivity index (χ3n) is 3.15. The van der Waals surface area contributed by atoms with Gasteiger partial charge in [-0.25, -0.2) is 0 Å². The molecular weight excluding hydrogens is 210 g/mol. The van der Waals surface area contributed by atoms with Crippen LogP contribution in [0.5, 0.6) is 0 Å². The molecule has 17 heavy (non-hydrogen) atoms. The molecule has 1 aromatic carbocycles. The van der Waals surface area contributed by atoms with Crippen LogP contribution in [0.15, 0.2) is 30.3 Å². The summed E-state index contributed by atoms with van der Waals surface area (Å²) < 4.78 is 0. The molecule has 0 aromatic heterocycles. The van der Waals surface area contributed by atoms with E-state index in [0.29, 0.717) is 25.2 Å². The van der Waals surface area contributed by atoms with Crippen LogP contribution in [0, 0.1) is 5.41 Å². The third kappa shape index (κ3) is 5.64. The topological polar surface area (TPSA) is 43.1 Å². The van der Waals surface area contributed by atoms with Crippen molar-refractivity contribution in [2.75, 3.05) is 6.54 Å². The summed E-state index contributed by atoms with van der Waals surface area (Å²) in [7, 11) is 0. The smallest absolute Gasteiger partial charge is 0.137 e. The Balaban J connectivity index is 2.36. The molecule has 0 unspecified atom stereocenters. The molecule has 2 nitrogen and oxygen atoms in total. The average Bonchev–Trinajstić information content (AvgIpc) is 2.28. The minimum Gasteiger partial charge on any atom is -0.330 e. The second-order valence-corrected chi connectivity index (χ2v) is 5.40. The SMILES string of the molecule is CC(C)(CCN)CCC(=O)Cc1ccccc1. The number of carbonyl (C=O) groups excluding carboxylic acids is 1. The molecule has 0 spiro atoms. The Morgan fingerprint density at radius 2 is 1.82 bits per heavy atom. The zero-order valence-electron chi connectivity index (χ0n) is 10.9. The summed E-state index contributed by atoms with van der Waals surface area (Å²) in [5.74, 6) is 0.321. The van der Waals surface area contributed by atoms with Crippen LogP contribution < -0.4 is 5.73 Å². The first-order valence-corrected chi connectivity index (χ1v) is 6.29. The number of benzene rings is 1. The highest BCUT2D eigenvalue weighted by Crippen LogP contribution is 2.26. The fourth-order valence-corrected chi connectivity index (χ4v) is 1.91. The maximum absolute atomic E-state index is 11.8. The lowest BCUT2D eigenvalue weighted by Crippen LogP contribution is -2.18. The highest BCUT2D eigenvalue weighted by Gasteiger charge is 2.18. The zero-order chi connectivity index (χ0) is 12.7. The van der Waals surface area contributed by atoms with Crippen molar-refractivity contribution in [1.29, 1.82) is 0 Å². The van der Waals surface area contributed by atoms with Gasteiger partial charge in [-0.3, -0.25) is 4.79 Å². The summed E-state index contributed by atoms with van der Waals surface area (Å²) in [4.78, 5) is 11.8. The molecule has 0 saturated heterocycles. The van der Waals surface area contributed by atoms with Crippen LogP contribution in [0.25, 0.3) is 0 Å². The van der Waals surface area contributed by atoms with Gasteiger partial charge in [0.15, 0.2) is 0 Å². The van der Waals surface area contributed by atoms with Crippen LogP contribution in [0.2, 0.25) is 0 Å². The van der Waals surface area contributed by atoms with Crippen molar-refractivity contribution < 1.29 is 4.79 Å². The Morgan fingerprint density at radius 1 is 1.18 bits per heavy atom. The molecule has 0 fully saturated rings. The van der Waals surface area contributed by atoms with E-state index in [0.717, 1.165) is 18.4 Å². The molecule has 0 bridgehead atoms. The van der Waals surface area contributed by atoms with Gasteiger partial charge in [0, 0.05) is 12.8 Å². The van der Waals surface area contributed by atoms with Crippen molar-refractivity contribution in [3.8, 4) is 0 Å². The highest BCUT2D eigenvalue weighted by molar-refractivity contribution is 5.80. The van der Waals surface area contributed by atoms with Crippen molar-refractivity contribution in [1.82, 2.24) is 0 Å². The van der Waals surface area contributed by atoms with Gasteiger partial charge in [-0.1, -0.05) is 44.2 Å². The van der Waals surface area contributed by atoms with Gasteiger partial charge >= 0.3 is 0 Å². The van der Waals surface area contributed by atoms with Crippen LogP contribution in [0.1, 0.15) is 38.7 Å². The van der Waals surface area contributed by atoms with Gasteiger partial charge < -0.3 is 5.73 Å². The first-order valence-electron chi connectivity index (χ1n) is 6.29. The van der Waals surface area contributed by atoms with Crippen molar-refractivity contribution >= 4 is 5.78 Å². The normalized spacial score (nSPS) is 11.5. The monoisotopic (exact) mass is 233 g/mol. The molecule has 0 saturated carbocycles. The number of hydrogen-bond acceptors (Lipinski definition) is 2. The van der Waals surface area contributed by atoms with Crippen LogP contribution >= 0.6 is 0 Å². The Hall–Kier alpha value is -1.15. The Kier molecular flexibility index (Phi) is 5.36. The molecule has 0 aliphatic heterocycles. The van der Waals surface area contributed by atoms with Crippen LogP contribution in [-0.4, -0.2) is 12.3 Å². The lowest BCUT2D eigenvalue weighted by molar-refractivity contribution is -0.119. The number of ketones is 1. The van der Waals surface area contributed by atoms with E-state index in [4.69, 9.17) is 5.73 Å². The molecule has 0 aliphatic carbocycles. The minimum absolute atomic E-state index is 0.182. The average molecular weight is 233 g/mol. The van der Waals surface area contributed by atoms with Crippen molar-refractivity contribution in [2.24, 2.45) is 11.1 Å². The quantitative estimate of drug-likeness (QED) is 0.786. The van der Waals surface area contributed by atoms with Crippen molar-refractivity contribution in [2.45, 2.75) is 39.5 Å². The minimum atomic E-state index is 0.182. The Bertz CT molecular complexity index is 343. The van der Waals surface area contributed by atoms with Crippen LogP contribution in [-0.2, 0) is 11.2 Å². The van der Waals surface area contributed by atoms with E-state index in [1.54, 1.807) is 0 Å². The summed E-state index contributed by atoms with van der Waals surface area (Å²) >= 11 is 0. The van der Waals surface area contributed by atoms with Crippen molar-refractivity contribution in [3.63, 3.8) is 0 Å². The number of hydrogen-bond donors (Lipinski definition) is 1. The van der Waals surface area contributed by atoms with E-state index in [1.807, 2.05) is 30.3 Å². The summed E-state index contributed by atoms with van der Waals surface area (Å²) in [5, 5.41) is 0. The number of Topliss-reactive ketones (excluding diaryl/α,β-unsaturated/α-hetero) is 1. The van der Waals surface area contributed by atoms with Crippen molar-refractivity contribution in [3.05, 3.63) is 35.9 Å². The van der Waals surface area contributed by atoms with E-state index in [1.165, 1.54) is 0 Å². The van der Waals surface area contributed by atoms with Gasteiger partial charge in [0.25, 0.3) is 0 Å². The van der Waals surface area contributed by atoms with Gasteiger partial charge in [-0.05, 0) is 30.4 Å². The third-order valence-corrected chi connectivity index (χ3v) is 3.15. The zero-order valence-corrected chi connectivity index (χ0v) is 10.9. The standard InChI is InChI=1S/C15H23NO/c1-15(2,10-11-16)9-8-14(17)12-13-6-4-3-5-7-13/h3-7H,8-12,16H2,1-2H3. The number of nitrogens with two attached hydrogens (primary N) is 1. The molecular formula is C15H23NO.